The standard InChI is InChI=1S/C23H26ClN3O4/c1-16(28)19-5-3-4-6-20(19)25-21(29)15-26-11-13-27(14-12-26)22(23(30)31-2)17-7-9-18(24)10-8-17/h3-10,22H,11-15H2,1-2H3,(H,25,29). The average Bonchev–Trinajstić information content (AvgIpc) is 2.76. The van der Waals surface area contributed by atoms with Gasteiger partial charge < -0.3 is 10.1 Å². The maximum absolute atomic E-state index is 12.5. The molecule has 164 valence electrons. The van der Waals surface area contributed by atoms with Crippen molar-refractivity contribution in [3.8, 4) is 0 Å². The summed E-state index contributed by atoms with van der Waals surface area (Å²) in [6.45, 7) is 4.16. The normalized spacial score (nSPS) is 15.8. The number of piperazine rings is 1. The largest absolute Gasteiger partial charge is 0.468 e. The molecule has 8 heteroatoms. The van der Waals surface area contributed by atoms with Crippen LogP contribution in [0.4, 0.5) is 5.69 Å². The van der Waals surface area contributed by atoms with Gasteiger partial charge >= 0.3 is 5.97 Å². The van der Waals surface area contributed by atoms with Crippen LogP contribution in [-0.4, -0.2) is 67.3 Å². The number of carbonyl (C=O) groups is 3. The number of rotatable bonds is 7. The summed E-state index contributed by atoms with van der Waals surface area (Å²) in [4.78, 5) is 40.8. The molecule has 0 spiro atoms. The number of ketones is 1. The lowest BCUT2D eigenvalue weighted by Gasteiger charge is -2.38. The Labute approximate surface area is 186 Å². The molecule has 1 amide bonds. The Morgan fingerprint density at radius 3 is 2.29 bits per heavy atom. The van der Waals surface area contributed by atoms with Crippen molar-refractivity contribution in [3.63, 3.8) is 0 Å². The molecule has 1 atom stereocenters. The third-order valence-corrected chi connectivity index (χ3v) is 5.58. The predicted molar refractivity (Wildman–Crippen MR) is 119 cm³/mol. The van der Waals surface area contributed by atoms with Crippen LogP contribution >= 0.6 is 11.6 Å². The number of nitrogens with zero attached hydrogens (tertiary/aromatic N) is 2. The van der Waals surface area contributed by atoms with E-state index in [4.69, 9.17) is 16.3 Å². The van der Waals surface area contributed by atoms with E-state index in [9.17, 15) is 14.4 Å². The molecule has 1 heterocycles. The van der Waals surface area contributed by atoms with E-state index < -0.39 is 6.04 Å². The van der Waals surface area contributed by atoms with Crippen LogP contribution in [0, 0.1) is 0 Å². The molecule has 2 aromatic rings. The SMILES string of the molecule is COC(=O)C(c1ccc(Cl)cc1)N1CCN(CC(=O)Nc2ccccc2C(C)=O)CC1. The molecule has 31 heavy (non-hydrogen) atoms. The van der Waals surface area contributed by atoms with Gasteiger partial charge in [0.2, 0.25) is 5.91 Å². The number of para-hydroxylation sites is 1. The highest BCUT2D eigenvalue weighted by molar-refractivity contribution is 6.30. The van der Waals surface area contributed by atoms with Crippen molar-refractivity contribution in [3.05, 3.63) is 64.7 Å². The summed E-state index contributed by atoms with van der Waals surface area (Å²) in [6, 6.07) is 13.6. The van der Waals surface area contributed by atoms with E-state index in [0.717, 1.165) is 5.56 Å². The summed E-state index contributed by atoms with van der Waals surface area (Å²) in [6.07, 6.45) is 0. The highest BCUT2D eigenvalue weighted by atomic mass is 35.5. The number of anilines is 1. The number of Topliss-reactive ketones (excluding diaryl/α,β-unsaturated/α-hetero) is 1. The van der Waals surface area contributed by atoms with Gasteiger partial charge in [0.15, 0.2) is 5.78 Å². The van der Waals surface area contributed by atoms with Crippen molar-refractivity contribution in [2.45, 2.75) is 13.0 Å². The maximum atomic E-state index is 12.5. The van der Waals surface area contributed by atoms with Crippen LogP contribution < -0.4 is 5.32 Å². The molecular formula is C23H26ClN3O4. The first-order chi connectivity index (χ1) is 14.9. The van der Waals surface area contributed by atoms with Crippen molar-refractivity contribution in [2.75, 3.05) is 45.2 Å². The molecule has 0 radical (unpaired) electrons. The van der Waals surface area contributed by atoms with Gasteiger partial charge in [0.05, 0.1) is 19.3 Å². The second-order valence-corrected chi connectivity index (χ2v) is 7.88. The Balaban J connectivity index is 1.59. The fourth-order valence-electron chi connectivity index (χ4n) is 3.72. The number of amides is 1. The van der Waals surface area contributed by atoms with E-state index in [1.807, 2.05) is 17.0 Å². The molecule has 0 bridgehead atoms. The Kier molecular flexibility index (Phi) is 7.79. The third kappa shape index (κ3) is 5.91. The van der Waals surface area contributed by atoms with Crippen molar-refractivity contribution < 1.29 is 19.1 Å². The minimum absolute atomic E-state index is 0.0967. The van der Waals surface area contributed by atoms with Crippen LogP contribution in [0.5, 0.6) is 0 Å². The first-order valence-electron chi connectivity index (χ1n) is 10.1. The Hall–Kier alpha value is -2.74. The van der Waals surface area contributed by atoms with Crippen molar-refractivity contribution >= 4 is 34.9 Å². The average molecular weight is 444 g/mol. The molecule has 1 saturated heterocycles. The molecule has 7 nitrogen and oxygen atoms in total. The fraction of sp³-hybridized carbons (Fsp3) is 0.348. The van der Waals surface area contributed by atoms with Crippen LogP contribution in [0.1, 0.15) is 28.9 Å². The number of hydrogen-bond acceptors (Lipinski definition) is 6. The Morgan fingerprint density at radius 1 is 1.03 bits per heavy atom. The lowest BCUT2D eigenvalue weighted by atomic mass is 10.0. The molecule has 1 aliphatic rings. The zero-order chi connectivity index (χ0) is 22.4. The number of halogens is 1. The highest BCUT2D eigenvalue weighted by Crippen LogP contribution is 2.25. The molecule has 1 unspecified atom stereocenters. The number of methoxy groups -OCH3 is 1. The van der Waals surface area contributed by atoms with Gasteiger partial charge in [-0.15, -0.1) is 0 Å². The van der Waals surface area contributed by atoms with Gasteiger partial charge in [-0.05, 0) is 36.8 Å². The van der Waals surface area contributed by atoms with Gasteiger partial charge in [-0.1, -0.05) is 35.9 Å². The first kappa shape index (κ1) is 22.9. The topological polar surface area (TPSA) is 79.0 Å². The number of hydrogen-bond donors (Lipinski definition) is 1. The van der Waals surface area contributed by atoms with Gasteiger partial charge in [-0.2, -0.15) is 0 Å². The number of ether oxygens (including phenoxy) is 1. The van der Waals surface area contributed by atoms with Crippen LogP contribution in [0.2, 0.25) is 5.02 Å². The monoisotopic (exact) mass is 443 g/mol. The highest BCUT2D eigenvalue weighted by Gasteiger charge is 2.31. The second kappa shape index (κ2) is 10.5. The summed E-state index contributed by atoms with van der Waals surface area (Å²) in [5.74, 6) is -0.598. The Bertz CT molecular complexity index is 940. The number of esters is 1. The van der Waals surface area contributed by atoms with Gasteiger partial charge in [-0.3, -0.25) is 19.4 Å². The van der Waals surface area contributed by atoms with Crippen LogP contribution in [0.25, 0.3) is 0 Å². The van der Waals surface area contributed by atoms with Crippen molar-refractivity contribution in [1.82, 2.24) is 9.80 Å². The molecule has 0 aliphatic carbocycles. The zero-order valence-corrected chi connectivity index (χ0v) is 18.4. The van der Waals surface area contributed by atoms with Gasteiger partial charge in [0.1, 0.15) is 6.04 Å². The smallest absolute Gasteiger partial charge is 0.327 e. The quantitative estimate of drug-likeness (QED) is 0.523. The van der Waals surface area contributed by atoms with Crippen LogP contribution in [0.3, 0.4) is 0 Å². The molecule has 1 aliphatic heterocycles. The molecule has 0 aromatic heterocycles. The minimum Gasteiger partial charge on any atom is -0.468 e. The van der Waals surface area contributed by atoms with Crippen LogP contribution in [-0.2, 0) is 14.3 Å². The summed E-state index contributed by atoms with van der Waals surface area (Å²) in [7, 11) is 1.38. The molecule has 1 fully saturated rings. The lowest BCUT2D eigenvalue weighted by molar-refractivity contribution is -0.148. The van der Waals surface area contributed by atoms with Crippen LogP contribution in [0.15, 0.2) is 48.5 Å². The second-order valence-electron chi connectivity index (χ2n) is 7.44. The van der Waals surface area contributed by atoms with Gasteiger partial charge in [-0.25, -0.2) is 4.79 Å². The predicted octanol–water partition coefficient (Wildman–Crippen LogP) is 3.01. The molecule has 3 rings (SSSR count). The minimum atomic E-state index is -0.513. The van der Waals surface area contributed by atoms with Gasteiger partial charge in [0, 0.05) is 36.8 Å². The van der Waals surface area contributed by atoms with Crippen molar-refractivity contribution in [2.24, 2.45) is 0 Å². The third-order valence-electron chi connectivity index (χ3n) is 5.33. The van der Waals surface area contributed by atoms with E-state index >= 15 is 0 Å². The molecular weight excluding hydrogens is 418 g/mol. The number of benzene rings is 2. The van der Waals surface area contributed by atoms with Gasteiger partial charge in [0.25, 0.3) is 0 Å². The zero-order valence-electron chi connectivity index (χ0n) is 17.6. The van der Waals surface area contributed by atoms with E-state index in [1.165, 1.54) is 14.0 Å². The van der Waals surface area contributed by atoms with Crippen molar-refractivity contribution in [1.29, 1.82) is 0 Å². The lowest BCUT2D eigenvalue weighted by Crippen LogP contribution is -2.51. The van der Waals surface area contributed by atoms with E-state index in [-0.39, 0.29) is 24.2 Å². The first-order valence-corrected chi connectivity index (χ1v) is 10.5. The Morgan fingerprint density at radius 2 is 1.68 bits per heavy atom. The van der Waals surface area contributed by atoms with E-state index in [0.29, 0.717) is 42.5 Å². The summed E-state index contributed by atoms with van der Waals surface area (Å²) in [5, 5.41) is 3.44. The summed E-state index contributed by atoms with van der Waals surface area (Å²) >= 11 is 5.98. The molecule has 0 saturated carbocycles. The number of carbonyl (C=O) groups excluding carboxylic acids is 3. The van der Waals surface area contributed by atoms with E-state index in [1.54, 1.807) is 36.4 Å². The summed E-state index contributed by atoms with van der Waals surface area (Å²) in [5.41, 5.74) is 1.83. The van der Waals surface area contributed by atoms with E-state index in [2.05, 4.69) is 10.2 Å². The summed E-state index contributed by atoms with van der Waals surface area (Å²) < 4.78 is 5.02. The number of nitrogens with one attached hydrogen (secondary N) is 1. The maximum Gasteiger partial charge on any atom is 0.327 e. The molecule has 2 aromatic carbocycles. The molecule has 1 N–H and O–H groups in total. The fourth-order valence-corrected chi connectivity index (χ4v) is 3.85.